The van der Waals surface area contributed by atoms with E-state index in [1.165, 1.54) is 0 Å². The maximum Gasteiger partial charge on any atom is 0.618 e. The molecular weight excluding hydrogens is 191 g/mol. The summed E-state index contributed by atoms with van der Waals surface area (Å²) in [5.74, 6) is 0. The lowest BCUT2D eigenvalue weighted by Gasteiger charge is -1.84. The van der Waals surface area contributed by atoms with Gasteiger partial charge in [0.05, 0.1) is 0 Å². The fourth-order valence-corrected chi connectivity index (χ4v) is 0.556. The van der Waals surface area contributed by atoms with Gasteiger partial charge in [-0.1, -0.05) is 36.9 Å². The normalized spacial score (nSPS) is 7.09. The monoisotopic (exact) mass is 197 g/mol. The number of rotatable bonds is 1. The van der Waals surface area contributed by atoms with Gasteiger partial charge in [-0.2, -0.15) is 0 Å². The van der Waals surface area contributed by atoms with Crippen LogP contribution in [-0.2, 0) is 0 Å². The van der Waals surface area contributed by atoms with E-state index in [4.69, 9.17) is 18.1 Å². The quantitative estimate of drug-likeness (QED) is 0.609. The van der Waals surface area contributed by atoms with Crippen molar-refractivity contribution in [1.82, 2.24) is 0 Å². The van der Waals surface area contributed by atoms with E-state index in [0.29, 0.717) is 0 Å². The first-order valence-electron chi connectivity index (χ1n) is 3.05. The van der Waals surface area contributed by atoms with Crippen molar-refractivity contribution in [3.8, 4) is 0 Å². The molecule has 3 heteroatoms. The second kappa shape index (κ2) is 8.40. The van der Waals surface area contributed by atoms with Gasteiger partial charge in [0.2, 0.25) is 0 Å². The van der Waals surface area contributed by atoms with Crippen LogP contribution in [0.2, 0.25) is 0 Å². The molecule has 0 aliphatic heterocycles. The Morgan fingerprint density at radius 2 is 1.64 bits per heavy atom. The Balaban J connectivity index is 0.000000292. The van der Waals surface area contributed by atoms with E-state index in [1.807, 2.05) is 30.3 Å². The fraction of sp³-hybridized carbons (Fsp3) is 0. The molecule has 0 atom stereocenters. The van der Waals surface area contributed by atoms with Gasteiger partial charge in [0.1, 0.15) is 0 Å². The van der Waals surface area contributed by atoms with Crippen LogP contribution in [0.1, 0.15) is 5.56 Å². The first-order chi connectivity index (χ1) is 5.35. The highest BCUT2D eigenvalue weighted by Crippen LogP contribution is 1.94. The Morgan fingerprint density at radius 3 is 1.91 bits per heavy atom. The van der Waals surface area contributed by atoms with E-state index in [2.05, 4.69) is 12.7 Å². The second-order valence-electron chi connectivity index (χ2n) is 1.64. The first-order valence-corrected chi connectivity index (χ1v) is 7.32. The zero-order chi connectivity index (χ0) is 8.53. The van der Waals surface area contributed by atoms with Gasteiger partial charge in [0, 0.05) is 0 Å². The van der Waals surface area contributed by atoms with Gasteiger partial charge in [0.15, 0.2) is 0 Å². The van der Waals surface area contributed by atoms with Gasteiger partial charge < -0.3 is 18.1 Å². The molecule has 0 aromatic heterocycles. The van der Waals surface area contributed by atoms with Crippen molar-refractivity contribution in [2.45, 2.75) is 0 Å². The standard InChI is InChI=1S/C8H7.2ClH.Mg/c1-2-8-6-4-3-5-7-8;;;/h3-7H,1H2;2*1H;/q;;;+2/p-2. The van der Waals surface area contributed by atoms with Crippen LogP contribution in [0.5, 0.6) is 0 Å². The predicted octanol–water partition coefficient (Wildman–Crippen LogP) is 3.02. The van der Waals surface area contributed by atoms with Crippen LogP contribution in [0.4, 0.5) is 0 Å². The molecule has 11 heavy (non-hydrogen) atoms. The zero-order valence-electron chi connectivity index (χ0n) is 6.06. The van der Waals surface area contributed by atoms with E-state index in [0.717, 1.165) is 5.56 Å². The largest absolute Gasteiger partial charge is 0.618 e. The summed E-state index contributed by atoms with van der Waals surface area (Å²) in [7, 11) is 9.81. The Kier molecular flexibility index (Phi) is 8.64. The first kappa shape index (κ1) is 11.3. The molecule has 0 heterocycles. The molecule has 0 N–H and O–H groups in total. The molecule has 1 radical (unpaired) electrons. The lowest BCUT2D eigenvalue weighted by molar-refractivity contribution is 1.59. The Hall–Kier alpha value is 0.306. The Labute approximate surface area is 84.5 Å². The Bertz CT molecular complexity index is 187. The average molecular weight is 198 g/mol. The van der Waals surface area contributed by atoms with E-state index in [1.54, 1.807) is 0 Å². The highest BCUT2D eigenvalue weighted by molar-refractivity contribution is 7.22. The van der Waals surface area contributed by atoms with Crippen LogP contribution in [-0.4, -0.2) is 18.2 Å². The van der Waals surface area contributed by atoms with Gasteiger partial charge in [-0.25, -0.2) is 0 Å². The molecule has 1 rings (SSSR count). The van der Waals surface area contributed by atoms with Gasteiger partial charge in [-0.3, -0.25) is 0 Å². The highest BCUT2D eigenvalue weighted by atomic mass is 35.6. The second-order valence-corrected chi connectivity index (χ2v) is 4.27. The maximum absolute atomic E-state index is 4.90. The topological polar surface area (TPSA) is 0 Å². The van der Waals surface area contributed by atoms with E-state index >= 15 is 0 Å². The molecule has 0 amide bonds. The van der Waals surface area contributed by atoms with Crippen molar-refractivity contribution < 1.29 is 0 Å². The summed E-state index contributed by atoms with van der Waals surface area (Å²) in [6, 6.07) is 9.84. The molecule has 0 nitrogen and oxygen atoms in total. The molecule has 0 unspecified atom stereocenters. The van der Waals surface area contributed by atoms with Gasteiger partial charge in [-0.15, -0.1) is 0 Å². The molecule has 0 saturated carbocycles. The molecule has 55 valence electrons. The number of hydrogen-bond acceptors (Lipinski definition) is 0. The lowest BCUT2D eigenvalue weighted by Crippen LogP contribution is -1.66. The molecule has 0 spiro atoms. The number of halogens is 2. The van der Waals surface area contributed by atoms with E-state index < -0.39 is 18.2 Å². The van der Waals surface area contributed by atoms with Crippen LogP contribution < -0.4 is 0 Å². The van der Waals surface area contributed by atoms with Crippen molar-refractivity contribution in [2.75, 3.05) is 0 Å². The van der Waals surface area contributed by atoms with Gasteiger partial charge in [-0.05, 0) is 11.6 Å². The summed E-state index contributed by atoms with van der Waals surface area (Å²) in [6.07, 6.45) is 2.78. The third kappa shape index (κ3) is 6.69. The fourth-order valence-electron chi connectivity index (χ4n) is 0.556. The molecule has 0 saturated heterocycles. The van der Waals surface area contributed by atoms with Crippen molar-refractivity contribution in [3.63, 3.8) is 0 Å². The van der Waals surface area contributed by atoms with E-state index in [9.17, 15) is 0 Å². The van der Waals surface area contributed by atoms with Gasteiger partial charge in [0.25, 0.3) is 0 Å². The van der Waals surface area contributed by atoms with Crippen molar-refractivity contribution in [2.24, 2.45) is 0 Å². The molecule has 0 bridgehead atoms. The summed E-state index contributed by atoms with van der Waals surface area (Å²) in [6.45, 7) is 3.51. The molecule has 1 aromatic rings. The molecule has 1 aromatic carbocycles. The molecular formula is C8H7Cl2Mg. The van der Waals surface area contributed by atoms with Crippen molar-refractivity contribution >= 4 is 36.3 Å². The van der Waals surface area contributed by atoms with Crippen LogP contribution >= 0.6 is 18.1 Å². The van der Waals surface area contributed by atoms with Crippen LogP contribution in [0.3, 0.4) is 0 Å². The zero-order valence-corrected chi connectivity index (χ0v) is 8.98. The van der Waals surface area contributed by atoms with Crippen molar-refractivity contribution in [3.05, 3.63) is 48.6 Å². The molecule has 0 aliphatic rings. The molecule has 0 aliphatic carbocycles. The highest BCUT2D eigenvalue weighted by Gasteiger charge is 1.76. The summed E-state index contributed by atoms with van der Waals surface area (Å²) >= 11 is -0.639. The van der Waals surface area contributed by atoms with Crippen LogP contribution in [0.15, 0.2) is 36.9 Å². The summed E-state index contributed by atoms with van der Waals surface area (Å²) in [4.78, 5) is 0. The minimum Gasteiger partial charge on any atom is -0.309 e. The predicted molar refractivity (Wildman–Crippen MR) is 51.9 cm³/mol. The third-order valence-corrected chi connectivity index (χ3v) is 0.978. The van der Waals surface area contributed by atoms with Crippen LogP contribution in [0.25, 0.3) is 0 Å². The Morgan fingerprint density at radius 1 is 1.18 bits per heavy atom. The number of benzene rings is 1. The summed E-state index contributed by atoms with van der Waals surface area (Å²) in [5, 5.41) is 0. The number of hydrogen-bond donors (Lipinski definition) is 0. The summed E-state index contributed by atoms with van der Waals surface area (Å²) in [5.41, 5.74) is 1.05. The van der Waals surface area contributed by atoms with E-state index in [-0.39, 0.29) is 0 Å². The van der Waals surface area contributed by atoms with Crippen LogP contribution in [0, 0.1) is 6.08 Å². The maximum atomic E-state index is 4.90. The minimum absolute atomic E-state index is 0.639. The average Bonchev–Trinajstić information content (AvgIpc) is 2.08. The summed E-state index contributed by atoms with van der Waals surface area (Å²) < 4.78 is 0. The molecule has 0 fully saturated rings. The third-order valence-electron chi connectivity index (χ3n) is 0.978. The lowest BCUT2D eigenvalue weighted by atomic mass is 10.2. The SMILES string of the molecule is C=[C]c1ccccc1.[Cl][Mg][Cl]. The van der Waals surface area contributed by atoms with Crippen molar-refractivity contribution in [1.29, 1.82) is 0 Å². The van der Waals surface area contributed by atoms with Gasteiger partial charge >= 0.3 is 18.2 Å². The minimum atomic E-state index is -0.639. The smallest absolute Gasteiger partial charge is 0.309 e.